The van der Waals surface area contributed by atoms with Crippen LogP contribution in [0.15, 0.2) is 35.8 Å². The summed E-state index contributed by atoms with van der Waals surface area (Å²) in [6, 6.07) is 11.6. The van der Waals surface area contributed by atoms with Gasteiger partial charge < -0.3 is 5.32 Å². The highest BCUT2D eigenvalue weighted by molar-refractivity contribution is 7.09. The summed E-state index contributed by atoms with van der Waals surface area (Å²) in [4.78, 5) is 17.2. The van der Waals surface area contributed by atoms with Crippen LogP contribution in [0.2, 0.25) is 0 Å². The van der Waals surface area contributed by atoms with Gasteiger partial charge in [0.15, 0.2) is 0 Å². The van der Waals surface area contributed by atoms with Crippen molar-refractivity contribution in [3.8, 4) is 6.07 Å². The van der Waals surface area contributed by atoms with Crippen molar-refractivity contribution in [1.29, 1.82) is 5.26 Å². The number of carbonyl (C=O) groups excluding carboxylic acids is 1. The molecule has 0 aliphatic rings. The Morgan fingerprint density at radius 3 is 2.80 bits per heavy atom. The number of hydrogen-bond acceptors (Lipinski definition) is 4. The number of aryl methyl sites for hydroxylation is 1. The van der Waals surface area contributed by atoms with Gasteiger partial charge in [0.1, 0.15) is 5.92 Å². The van der Waals surface area contributed by atoms with Gasteiger partial charge in [-0.3, -0.25) is 4.79 Å². The van der Waals surface area contributed by atoms with Crippen molar-refractivity contribution in [2.75, 3.05) is 0 Å². The molecule has 0 radical (unpaired) electrons. The molecule has 1 N–H and O–H groups in total. The maximum Gasteiger partial charge on any atom is 0.237 e. The first kappa shape index (κ1) is 14.2. The largest absolute Gasteiger partial charge is 0.350 e. The van der Waals surface area contributed by atoms with Gasteiger partial charge in [-0.05, 0) is 18.9 Å². The molecule has 102 valence electrons. The second kappa shape index (κ2) is 6.83. The summed E-state index contributed by atoms with van der Waals surface area (Å²) >= 11 is 1.51. The monoisotopic (exact) mass is 285 g/mol. The normalized spacial score (nSPS) is 11.6. The molecular weight excluding hydrogens is 270 g/mol. The van der Waals surface area contributed by atoms with Crippen molar-refractivity contribution in [3.05, 3.63) is 52.0 Å². The molecule has 1 aromatic heterocycles. The molecule has 1 atom stereocenters. The number of benzene rings is 1. The van der Waals surface area contributed by atoms with Gasteiger partial charge in [-0.15, -0.1) is 11.3 Å². The van der Waals surface area contributed by atoms with Gasteiger partial charge in [-0.25, -0.2) is 4.98 Å². The van der Waals surface area contributed by atoms with Gasteiger partial charge in [-0.1, -0.05) is 30.3 Å². The van der Waals surface area contributed by atoms with Crippen LogP contribution in [-0.2, 0) is 17.8 Å². The van der Waals surface area contributed by atoms with E-state index in [1.165, 1.54) is 11.3 Å². The molecule has 1 heterocycles. The summed E-state index contributed by atoms with van der Waals surface area (Å²) in [7, 11) is 0. The van der Waals surface area contributed by atoms with E-state index >= 15 is 0 Å². The molecule has 1 aromatic carbocycles. The van der Waals surface area contributed by atoms with Crippen LogP contribution in [0.5, 0.6) is 0 Å². The number of aromatic nitrogens is 1. The van der Waals surface area contributed by atoms with Crippen LogP contribution < -0.4 is 5.32 Å². The number of hydrogen-bond donors (Lipinski definition) is 1. The van der Waals surface area contributed by atoms with Crippen molar-refractivity contribution in [3.63, 3.8) is 0 Å². The van der Waals surface area contributed by atoms with Crippen molar-refractivity contribution in [2.45, 2.75) is 19.9 Å². The standard InChI is InChI=1S/C15H15N3OS/c1-11-14(20-10-18-11)9-17-15(19)13(8-16)7-12-5-3-2-4-6-12/h2-6,10,13H,7,9H2,1H3,(H,17,19). The highest BCUT2D eigenvalue weighted by atomic mass is 32.1. The van der Waals surface area contributed by atoms with Crippen LogP contribution in [0.1, 0.15) is 16.1 Å². The van der Waals surface area contributed by atoms with E-state index in [1.54, 1.807) is 5.51 Å². The highest BCUT2D eigenvalue weighted by Crippen LogP contribution is 2.12. The van der Waals surface area contributed by atoms with Crippen LogP contribution in [0.3, 0.4) is 0 Å². The predicted octanol–water partition coefficient (Wildman–Crippen LogP) is 2.45. The predicted molar refractivity (Wildman–Crippen MR) is 77.9 cm³/mol. The number of thiazole rings is 1. The van der Waals surface area contributed by atoms with Crippen LogP contribution in [-0.4, -0.2) is 10.9 Å². The third-order valence-electron chi connectivity index (χ3n) is 3.02. The molecule has 0 saturated carbocycles. The quantitative estimate of drug-likeness (QED) is 0.917. The molecule has 0 aliphatic carbocycles. The van der Waals surface area contributed by atoms with E-state index in [4.69, 9.17) is 5.26 Å². The molecule has 2 aromatic rings. The summed E-state index contributed by atoms with van der Waals surface area (Å²) < 4.78 is 0. The number of nitriles is 1. The summed E-state index contributed by atoms with van der Waals surface area (Å²) in [5.41, 5.74) is 3.66. The van der Waals surface area contributed by atoms with E-state index in [2.05, 4.69) is 16.4 Å². The summed E-state index contributed by atoms with van der Waals surface area (Å²) in [5.74, 6) is -0.894. The van der Waals surface area contributed by atoms with Gasteiger partial charge in [-0.2, -0.15) is 5.26 Å². The smallest absolute Gasteiger partial charge is 0.237 e. The SMILES string of the molecule is Cc1ncsc1CNC(=O)C(C#N)Cc1ccccc1. The average molecular weight is 285 g/mol. The Bertz CT molecular complexity index is 616. The lowest BCUT2D eigenvalue weighted by Gasteiger charge is -2.10. The van der Waals surface area contributed by atoms with Gasteiger partial charge in [0.05, 0.1) is 23.8 Å². The zero-order chi connectivity index (χ0) is 14.4. The van der Waals surface area contributed by atoms with Gasteiger partial charge in [0.2, 0.25) is 5.91 Å². The second-order valence-electron chi connectivity index (χ2n) is 4.45. The van der Waals surface area contributed by atoms with Crippen molar-refractivity contribution in [2.24, 2.45) is 5.92 Å². The first-order chi connectivity index (χ1) is 9.70. The average Bonchev–Trinajstić information content (AvgIpc) is 2.88. The van der Waals surface area contributed by atoms with E-state index in [9.17, 15) is 4.79 Å². The zero-order valence-electron chi connectivity index (χ0n) is 11.2. The molecule has 0 saturated heterocycles. The van der Waals surface area contributed by atoms with Gasteiger partial charge in [0, 0.05) is 4.88 Å². The van der Waals surface area contributed by atoms with E-state index in [-0.39, 0.29) is 5.91 Å². The molecule has 5 heteroatoms. The number of carbonyl (C=O) groups is 1. The maximum atomic E-state index is 12.0. The van der Waals surface area contributed by atoms with Gasteiger partial charge in [0.25, 0.3) is 0 Å². The Kier molecular flexibility index (Phi) is 4.85. The second-order valence-corrected chi connectivity index (χ2v) is 5.39. The molecule has 0 bridgehead atoms. The van der Waals surface area contributed by atoms with Gasteiger partial charge >= 0.3 is 0 Å². The minimum atomic E-state index is -0.661. The van der Waals surface area contributed by atoms with Crippen LogP contribution >= 0.6 is 11.3 Å². The fourth-order valence-electron chi connectivity index (χ4n) is 1.83. The summed E-state index contributed by atoms with van der Waals surface area (Å²) in [6.45, 7) is 2.34. The van der Waals surface area contributed by atoms with Crippen LogP contribution in [0.4, 0.5) is 0 Å². The minimum Gasteiger partial charge on any atom is -0.350 e. The lowest BCUT2D eigenvalue weighted by atomic mass is 10.00. The number of rotatable bonds is 5. The van der Waals surface area contributed by atoms with Crippen molar-refractivity contribution < 1.29 is 4.79 Å². The third-order valence-corrected chi connectivity index (χ3v) is 3.96. The van der Waals surface area contributed by atoms with Crippen LogP contribution in [0, 0.1) is 24.2 Å². The topological polar surface area (TPSA) is 65.8 Å². The molecular formula is C15H15N3OS. The number of nitrogens with zero attached hydrogens (tertiary/aromatic N) is 2. The molecule has 1 unspecified atom stereocenters. The van der Waals surface area contributed by atoms with E-state index in [1.807, 2.05) is 37.3 Å². The lowest BCUT2D eigenvalue weighted by Crippen LogP contribution is -2.30. The first-order valence-corrected chi connectivity index (χ1v) is 7.19. The highest BCUT2D eigenvalue weighted by Gasteiger charge is 2.18. The molecule has 0 spiro atoms. The molecule has 20 heavy (non-hydrogen) atoms. The minimum absolute atomic E-state index is 0.232. The fourth-order valence-corrected chi connectivity index (χ4v) is 2.55. The lowest BCUT2D eigenvalue weighted by molar-refractivity contribution is -0.123. The third kappa shape index (κ3) is 3.65. The fraction of sp³-hybridized carbons (Fsp3) is 0.267. The molecule has 0 fully saturated rings. The van der Waals surface area contributed by atoms with Crippen LogP contribution in [0.25, 0.3) is 0 Å². The number of nitrogens with one attached hydrogen (secondary N) is 1. The number of amides is 1. The summed E-state index contributed by atoms with van der Waals surface area (Å²) in [6.07, 6.45) is 0.435. The zero-order valence-corrected chi connectivity index (χ0v) is 12.0. The first-order valence-electron chi connectivity index (χ1n) is 6.31. The van der Waals surface area contributed by atoms with E-state index in [0.717, 1.165) is 16.1 Å². The molecule has 1 amide bonds. The van der Waals surface area contributed by atoms with E-state index < -0.39 is 5.92 Å². The maximum absolute atomic E-state index is 12.0. The van der Waals surface area contributed by atoms with E-state index in [0.29, 0.717) is 13.0 Å². The molecule has 0 aliphatic heterocycles. The molecule has 2 rings (SSSR count). The Morgan fingerprint density at radius 1 is 1.45 bits per heavy atom. The molecule has 4 nitrogen and oxygen atoms in total. The Labute approximate surface area is 122 Å². The summed E-state index contributed by atoms with van der Waals surface area (Å²) in [5, 5.41) is 12.0. The van der Waals surface area contributed by atoms with Crippen molar-refractivity contribution in [1.82, 2.24) is 10.3 Å². The Balaban J connectivity index is 1.93. The Hall–Kier alpha value is -2.19. The Morgan fingerprint density at radius 2 is 2.20 bits per heavy atom. The van der Waals surface area contributed by atoms with Crippen molar-refractivity contribution >= 4 is 17.2 Å².